The summed E-state index contributed by atoms with van der Waals surface area (Å²) in [4.78, 5) is 17.1. The third-order valence-corrected chi connectivity index (χ3v) is 5.17. The number of nitrogens with zero attached hydrogens (tertiary/aromatic N) is 3. The number of benzene rings is 1. The van der Waals surface area contributed by atoms with Crippen LogP contribution in [0.25, 0.3) is 15.3 Å². The highest BCUT2D eigenvalue weighted by Crippen LogP contribution is 2.32. The van der Waals surface area contributed by atoms with E-state index in [4.69, 9.17) is 4.98 Å². The molecule has 138 valence electrons. The molecular weight excluding hydrogens is 344 g/mol. The van der Waals surface area contributed by atoms with Crippen LogP contribution in [-0.4, -0.2) is 20.7 Å². The molecule has 5 nitrogen and oxygen atoms in total. The molecule has 0 spiro atoms. The predicted molar refractivity (Wildman–Crippen MR) is 108 cm³/mol. The summed E-state index contributed by atoms with van der Waals surface area (Å²) < 4.78 is 2.84. The van der Waals surface area contributed by atoms with E-state index in [1.807, 2.05) is 33.8 Å². The molecule has 1 aromatic carbocycles. The van der Waals surface area contributed by atoms with Crippen LogP contribution in [0.3, 0.4) is 0 Å². The lowest BCUT2D eigenvalue weighted by atomic mass is 9.87. The number of carbonyl (C=O) groups excluding carboxylic acids is 1. The molecule has 0 aliphatic rings. The maximum absolute atomic E-state index is 12.4. The minimum absolute atomic E-state index is 0.0465. The molecule has 0 bridgehead atoms. The molecule has 6 heteroatoms. The Morgan fingerprint density at radius 1 is 1.12 bits per heavy atom. The molecule has 1 amide bonds. The van der Waals surface area contributed by atoms with Crippen LogP contribution in [0.15, 0.2) is 24.3 Å². The van der Waals surface area contributed by atoms with E-state index in [0.29, 0.717) is 5.82 Å². The van der Waals surface area contributed by atoms with Crippen molar-refractivity contribution in [2.75, 3.05) is 5.32 Å². The van der Waals surface area contributed by atoms with Gasteiger partial charge in [0.15, 0.2) is 0 Å². The van der Waals surface area contributed by atoms with Gasteiger partial charge in [-0.2, -0.15) is 9.78 Å². The Labute approximate surface area is 158 Å². The number of carbonyl (C=O) groups is 1. The monoisotopic (exact) mass is 370 g/mol. The molecule has 0 fully saturated rings. The Morgan fingerprint density at radius 2 is 1.81 bits per heavy atom. The number of amides is 1. The summed E-state index contributed by atoms with van der Waals surface area (Å²) in [6, 6.07) is 8.25. The standard InChI is InChI=1S/C20H26N4OS/c1-12-10-16(22-17(25)20(5,6)7)24(23-12)18-21-14-9-8-13(19(2,3)4)11-15(14)26-18/h8-11H,1-7H3,(H,22,25). The minimum Gasteiger partial charge on any atom is -0.310 e. The summed E-state index contributed by atoms with van der Waals surface area (Å²) in [6.07, 6.45) is 0. The van der Waals surface area contributed by atoms with Crippen LogP contribution in [0.5, 0.6) is 0 Å². The van der Waals surface area contributed by atoms with Crippen molar-refractivity contribution in [1.82, 2.24) is 14.8 Å². The molecule has 1 N–H and O–H groups in total. The SMILES string of the molecule is Cc1cc(NC(=O)C(C)(C)C)n(-c2nc3ccc(C(C)(C)C)cc3s2)n1. The molecular formula is C20H26N4OS. The van der Waals surface area contributed by atoms with Gasteiger partial charge in [0.25, 0.3) is 0 Å². The molecule has 0 aliphatic carbocycles. The zero-order valence-corrected chi connectivity index (χ0v) is 17.3. The zero-order valence-electron chi connectivity index (χ0n) is 16.5. The third-order valence-electron chi connectivity index (χ3n) is 4.18. The lowest BCUT2D eigenvalue weighted by Gasteiger charge is -2.18. The summed E-state index contributed by atoms with van der Waals surface area (Å²) in [7, 11) is 0. The Bertz CT molecular complexity index is 970. The van der Waals surface area contributed by atoms with Crippen LogP contribution in [0.2, 0.25) is 0 Å². The van der Waals surface area contributed by atoms with Gasteiger partial charge in [0.05, 0.1) is 15.9 Å². The van der Waals surface area contributed by atoms with Gasteiger partial charge in [0, 0.05) is 11.5 Å². The first-order valence-electron chi connectivity index (χ1n) is 8.75. The molecule has 2 heterocycles. The number of nitrogens with one attached hydrogen (secondary N) is 1. The molecule has 0 radical (unpaired) electrons. The fourth-order valence-electron chi connectivity index (χ4n) is 2.51. The molecule has 0 aliphatic heterocycles. The van der Waals surface area contributed by atoms with E-state index >= 15 is 0 Å². The van der Waals surface area contributed by atoms with E-state index in [2.05, 4.69) is 49.4 Å². The number of aromatic nitrogens is 3. The number of hydrogen-bond donors (Lipinski definition) is 1. The molecule has 3 aromatic rings. The van der Waals surface area contributed by atoms with Crippen molar-refractivity contribution in [2.45, 2.75) is 53.9 Å². The highest BCUT2D eigenvalue weighted by Gasteiger charge is 2.24. The van der Waals surface area contributed by atoms with Crippen molar-refractivity contribution in [3.63, 3.8) is 0 Å². The van der Waals surface area contributed by atoms with Gasteiger partial charge < -0.3 is 5.32 Å². The number of thiazole rings is 1. The lowest BCUT2D eigenvalue weighted by molar-refractivity contribution is -0.123. The topological polar surface area (TPSA) is 59.8 Å². The van der Waals surface area contributed by atoms with Crippen molar-refractivity contribution in [1.29, 1.82) is 0 Å². The van der Waals surface area contributed by atoms with Gasteiger partial charge in [-0.15, -0.1) is 0 Å². The van der Waals surface area contributed by atoms with E-state index in [-0.39, 0.29) is 11.3 Å². The third kappa shape index (κ3) is 3.65. The van der Waals surface area contributed by atoms with Gasteiger partial charge in [0.1, 0.15) is 5.82 Å². The largest absolute Gasteiger partial charge is 0.310 e. The van der Waals surface area contributed by atoms with Gasteiger partial charge in [-0.05, 0) is 30.0 Å². The molecule has 0 saturated carbocycles. The van der Waals surface area contributed by atoms with Crippen LogP contribution in [-0.2, 0) is 10.2 Å². The van der Waals surface area contributed by atoms with Gasteiger partial charge in [-0.1, -0.05) is 58.9 Å². The van der Waals surface area contributed by atoms with E-state index < -0.39 is 5.41 Å². The maximum Gasteiger partial charge on any atom is 0.230 e. The van der Waals surface area contributed by atoms with Crippen molar-refractivity contribution < 1.29 is 4.79 Å². The van der Waals surface area contributed by atoms with Crippen LogP contribution in [0, 0.1) is 12.3 Å². The average molecular weight is 371 g/mol. The predicted octanol–water partition coefficient (Wildman–Crippen LogP) is 5.07. The van der Waals surface area contributed by atoms with Crippen molar-refractivity contribution in [2.24, 2.45) is 5.41 Å². The second kappa shape index (κ2) is 6.20. The van der Waals surface area contributed by atoms with Gasteiger partial charge in [0.2, 0.25) is 11.0 Å². The molecule has 3 rings (SSSR count). The van der Waals surface area contributed by atoms with Crippen LogP contribution < -0.4 is 5.32 Å². The van der Waals surface area contributed by atoms with Crippen molar-refractivity contribution in [3.05, 3.63) is 35.5 Å². The first-order chi connectivity index (χ1) is 11.9. The minimum atomic E-state index is -0.474. The summed E-state index contributed by atoms with van der Waals surface area (Å²) in [6.45, 7) is 14.2. The summed E-state index contributed by atoms with van der Waals surface area (Å²) in [5, 5.41) is 8.26. The van der Waals surface area contributed by atoms with Crippen LogP contribution in [0.1, 0.15) is 52.8 Å². The summed E-state index contributed by atoms with van der Waals surface area (Å²) in [5.74, 6) is 0.604. The summed E-state index contributed by atoms with van der Waals surface area (Å²) in [5.41, 5.74) is 2.67. The maximum atomic E-state index is 12.4. The number of hydrogen-bond acceptors (Lipinski definition) is 4. The molecule has 0 saturated heterocycles. The van der Waals surface area contributed by atoms with Gasteiger partial charge in [-0.25, -0.2) is 4.98 Å². The first-order valence-corrected chi connectivity index (χ1v) is 9.56. The highest BCUT2D eigenvalue weighted by atomic mass is 32.1. The molecule has 0 atom stereocenters. The second-order valence-corrected chi connectivity index (χ2v) is 9.72. The Hall–Kier alpha value is -2.21. The smallest absolute Gasteiger partial charge is 0.230 e. The first kappa shape index (κ1) is 18.6. The Morgan fingerprint density at radius 3 is 2.42 bits per heavy atom. The number of rotatable bonds is 2. The molecule has 0 unspecified atom stereocenters. The number of aryl methyl sites for hydroxylation is 1. The highest BCUT2D eigenvalue weighted by molar-refractivity contribution is 7.20. The van der Waals surface area contributed by atoms with Crippen LogP contribution >= 0.6 is 11.3 Å². The van der Waals surface area contributed by atoms with E-state index in [1.165, 1.54) is 5.56 Å². The number of fused-ring (bicyclic) bond motifs is 1. The van der Waals surface area contributed by atoms with Crippen molar-refractivity contribution >= 4 is 33.3 Å². The quantitative estimate of drug-likeness (QED) is 0.685. The van der Waals surface area contributed by atoms with Crippen LogP contribution in [0.4, 0.5) is 5.82 Å². The average Bonchev–Trinajstić information content (AvgIpc) is 3.07. The Kier molecular flexibility index (Phi) is 4.43. The fourth-order valence-corrected chi connectivity index (χ4v) is 3.48. The van der Waals surface area contributed by atoms with Crippen molar-refractivity contribution in [3.8, 4) is 5.13 Å². The zero-order chi connectivity index (χ0) is 19.3. The van der Waals surface area contributed by atoms with E-state index in [1.54, 1.807) is 16.0 Å². The molecule has 26 heavy (non-hydrogen) atoms. The number of anilines is 1. The van der Waals surface area contributed by atoms with E-state index in [9.17, 15) is 4.79 Å². The van der Waals surface area contributed by atoms with E-state index in [0.717, 1.165) is 21.0 Å². The molecule has 2 aromatic heterocycles. The lowest BCUT2D eigenvalue weighted by Crippen LogP contribution is -2.28. The normalized spacial score (nSPS) is 12.6. The van der Waals surface area contributed by atoms with Gasteiger partial charge in [-0.3, -0.25) is 4.79 Å². The van der Waals surface area contributed by atoms with Gasteiger partial charge >= 0.3 is 0 Å². The Balaban J connectivity index is 2.03. The summed E-state index contributed by atoms with van der Waals surface area (Å²) >= 11 is 1.58. The second-order valence-electron chi connectivity index (χ2n) is 8.72. The fraction of sp³-hybridized carbons (Fsp3) is 0.450.